The normalized spacial score (nSPS) is 11.6. The van der Waals surface area contributed by atoms with Crippen LogP contribution in [0, 0.1) is 11.6 Å². The number of aromatic nitrogens is 3. The largest absolute Gasteiger partial charge is 0.468 e. The van der Waals surface area contributed by atoms with Crippen LogP contribution in [0.25, 0.3) is 22.3 Å². The molecule has 0 atom stereocenters. The summed E-state index contributed by atoms with van der Waals surface area (Å²) in [5.74, 6) is -2.59. The maximum absolute atomic E-state index is 15.0. The zero-order valence-electron chi connectivity index (χ0n) is 21.8. The molecule has 0 radical (unpaired) electrons. The predicted molar refractivity (Wildman–Crippen MR) is 142 cm³/mol. The van der Waals surface area contributed by atoms with Gasteiger partial charge in [-0.05, 0) is 29.8 Å². The summed E-state index contributed by atoms with van der Waals surface area (Å²) in [6.45, 7) is -0.730. The number of methoxy groups -OCH3 is 1. The number of fused-ring (bicyclic) bond motifs is 1. The van der Waals surface area contributed by atoms with Crippen molar-refractivity contribution in [3.63, 3.8) is 0 Å². The first-order valence-electron chi connectivity index (χ1n) is 12.4. The number of nitrogens with one attached hydrogen (secondary N) is 1. The van der Waals surface area contributed by atoms with Gasteiger partial charge < -0.3 is 19.1 Å². The Morgan fingerprint density at radius 2 is 1.81 bits per heavy atom. The third-order valence-corrected chi connectivity index (χ3v) is 6.45. The SMILES string of the molecule is COC(=O)CNc1cc2c(cc1F)c(=O)c(-c1noc(Cc3ccccc3)n1)cn2Cc1ccc(C(F)(F)F)cc1F. The summed E-state index contributed by atoms with van der Waals surface area (Å²) in [4.78, 5) is 29.4. The molecular formula is C29H21F5N4O4. The lowest BCUT2D eigenvalue weighted by Crippen LogP contribution is -2.18. The number of hydrogen-bond acceptors (Lipinski definition) is 7. The molecule has 5 rings (SSSR count). The van der Waals surface area contributed by atoms with E-state index in [2.05, 4.69) is 20.2 Å². The lowest BCUT2D eigenvalue weighted by Gasteiger charge is -2.16. The molecule has 0 spiro atoms. The number of carbonyl (C=O) groups is 1. The van der Waals surface area contributed by atoms with Gasteiger partial charge in [0.25, 0.3) is 0 Å². The first kappa shape index (κ1) is 28.5. The number of ether oxygens (including phenoxy) is 1. The summed E-state index contributed by atoms with van der Waals surface area (Å²) in [6, 6.07) is 13.5. The number of carbonyl (C=O) groups excluding carboxylic acids is 1. The van der Waals surface area contributed by atoms with E-state index in [-0.39, 0.29) is 58.9 Å². The highest BCUT2D eigenvalue weighted by molar-refractivity contribution is 5.87. The Labute approximate surface area is 234 Å². The second-order valence-corrected chi connectivity index (χ2v) is 9.26. The zero-order valence-corrected chi connectivity index (χ0v) is 21.8. The van der Waals surface area contributed by atoms with Gasteiger partial charge >= 0.3 is 12.1 Å². The Morgan fingerprint density at radius 1 is 1.05 bits per heavy atom. The quantitative estimate of drug-likeness (QED) is 0.188. The summed E-state index contributed by atoms with van der Waals surface area (Å²) in [5, 5.41) is 6.32. The number of halogens is 5. The van der Waals surface area contributed by atoms with E-state index < -0.39 is 34.8 Å². The second kappa shape index (κ2) is 11.4. The minimum absolute atomic E-state index is 0.102. The van der Waals surface area contributed by atoms with E-state index in [0.29, 0.717) is 6.07 Å². The molecule has 5 aromatic rings. The van der Waals surface area contributed by atoms with Crippen molar-refractivity contribution >= 4 is 22.6 Å². The third-order valence-electron chi connectivity index (χ3n) is 6.45. The van der Waals surface area contributed by atoms with Gasteiger partial charge in [0.05, 0.1) is 42.4 Å². The van der Waals surface area contributed by atoms with Gasteiger partial charge in [-0.3, -0.25) is 9.59 Å². The number of hydrogen-bond donors (Lipinski definition) is 1. The van der Waals surface area contributed by atoms with E-state index in [1.54, 1.807) is 0 Å². The topological polar surface area (TPSA) is 99.2 Å². The standard InChI is InChI=1S/C29H21F5N4O4/c1-41-26(39)13-35-23-12-24-19(11-22(23)31)27(40)20(28-36-25(42-37-28)9-16-5-3-2-4-6-16)15-38(24)14-17-7-8-18(10-21(17)30)29(32,33)34/h2-8,10-12,15,35H,9,13-14H2,1H3. The van der Waals surface area contributed by atoms with Crippen LogP contribution >= 0.6 is 0 Å². The van der Waals surface area contributed by atoms with Gasteiger partial charge in [-0.1, -0.05) is 41.6 Å². The van der Waals surface area contributed by atoms with Crippen molar-refractivity contribution in [2.24, 2.45) is 0 Å². The fourth-order valence-corrected chi connectivity index (χ4v) is 4.32. The third kappa shape index (κ3) is 5.99. The zero-order chi connectivity index (χ0) is 30.0. The van der Waals surface area contributed by atoms with Gasteiger partial charge in [0.1, 0.15) is 18.2 Å². The molecule has 0 unspecified atom stereocenters. The van der Waals surface area contributed by atoms with E-state index in [1.807, 2.05) is 30.3 Å². The maximum Gasteiger partial charge on any atom is 0.416 e. The monoisotopic (exact) mass is 584 g/mol. The van der Waals surface area contributed by atoms with Gasteiger partial charge in [-0.2, -0.15) is 18.2 Å². The van der Waals surface area contributed by atoms with Crippen LogP contribution in [0.2, 0.25) is 0 Å². The van der Waals surface area contributed by atoms with Crippen molar-refractivity contribution in [3.05, 3.63) is 111 Å². The summed E-state index contributed by atoms with van der Waals surface area (Å²) in [5.41, 5.74) is -1.26. The lowest BCUT2D eigenvalue weighted by molar-refractivity contribution is -0.139. The molecule has 42 heavy (non-hydrogen) atoms. The van der Waals surface area contributed by atoms with Crippen LogP contribution < -0.4 is 10.7 Å². The summed E-state index contributed by atoms with van der Waals surface area (Å²) < 4.78 is 80.4. The number of pyridine rings is 1. The number of rotatable bonds is 8. The van der Waals surface area contributed by atoms with Crippen molar-refractivity contribution in [1.82, 2.24) is 14.7 Å². The molecule has 0 saturated heterocycles. The molecule has 13 heteroatoms. The number of benzene rings is 3. The summed E-state index contributed by atoms with van der Waals surface area (Å²) >= 11 is 0. The molecule has 1 N–H and O–H groups in total. The Kier molecular flexibility index (Phi) is 7.74. The van der Waals surface area contributed by atoms with Crippen molar-refractivity contribution in [2.45, 2.75) is 19.1 Å². The highest BCUT2D eigenvalue weighted by atomic mass is 19.4. The van der Waals surface area contributed by atoms with Crippen LogP contribution in [-0.2, 0) is 28.7 Å². The van der Waals surface area contributed by atoms with E-state index in [9.17, 15) is 27.2 Å². The molecule has 0 aliphatic carbocycles. The minimum Gasteiger partial charge on any atom is -0.468 e. The molecular weight excluding hydrogens is 563 g/mol. The van der Waals surface area contributed by atoms with Crippen LogP contribution in [0.5, 0.6) is 0 Å². The summed E-state index contributed by atoms with van der Waals surface area (Å²) in [6.07, 6.45) is -3.18. The highest BCUT2D eigenvalue weighted by Crippen LogP contribution is 2.31. The van der Waals surface area contributed by atoms with Crippen LogP contribution in [0.3, 0.4) is 0 Å². The Hall–Kier alpha value is -5.07. The number of alkyl halides is 3. The van der Waals surface area contributed by atoms with E-state index in [0.717, 1.165) is 30.9 Å². The van der Waals surface area contributed by atoms with Crippen molar-refractivity contribution in [3.8, 4) is 11.4 Å². The second-order valence-electron chi connectivity index (χ2n) is 9.26. The van der Waals surface area contributed by atoms with Gasteiger partial charge in [0, 0.05) is 17.1 Å². The van der Waals surface area contributed by atoms with Crippen LogP contribution in [0.15, 0.2) is 76.2 Å². The van der Waals surface area contributed by atoms with E-state index in [4.69, 9.17) is 4.52 Å². The summed E-state index contributed by atoms with van der Waals surface area (Å²) in [7, 11) is 1.15. The minimum atomic E-state index is -4.75. The van der Waals surface area contributed by atoms with Crippen LogP contribution in [0.4, 0.5) is 27.6 Å². The van der Waals surface area contributed by atoms with Crippen molar-refractivity contribution in [1.29, 1.82) is 0 Å². The lowest BCUT2D eigenvalue weighted by atomic mass is 10.1. The van der Waals surface area contributed by atoms with Crippen LogP contribution in [0.1, 0.15) is 22.6 Å². The number of esters is 1. The Morgan fingerprint density at radius 3 is 2.50 bits per heavy atom. The Balaban J connectivity index is 1.61. The van der Waals surface area contributed by atoms with Gasteiger partial charge in [-0.25, -0.2) is 8.78 Å². The van der Waals surface area contributed by atoms with Crippen molar-refractivity contribution < 1.29 is 36.0 Å². The smallest absolute Gasteiger partial charge is 0.416 e. The molecule has 0 bridgehead atoms. The fourth-order valence-electron chi connectivity index (χ4n) is 4.32. The molecule has 0 aliphatic heterocycles. The molecule has 2 aromatic heterocycles. The van der Waals surface area contributed by atoms with Gasteiger partial charge in [0.15, 0.2) is 0 Å². The molecule has 0 fully saturated rings. The fraction of sp³-hybridized carbons (Fsp3) is 0.172. The highest BCUT2D eigenvalue weighted by Gasteiger charge is 2.31. The number of anilines is 1. The maximum atomic E-state index is 15.0. The molecule has 2 heterocycles. The van der Waals surface area contributed by atoms with Crippen LogP contribution in [-0.4, -0.2) is 34.3 Å². The average Bonchev–Trinajstić information content (AvgIpc) is 3.42. The molecule has 216 valence electrons. The molecule has 3 aromatic carbocycles. The van der Waals surface area contributed by atoms with E-state index in [1.165, 1.54) is 16.8 Å². The molecule has 0 aliphatic rings. The predicted octanol–water partition coefficient (Wildman–Crippen LogP) is 5.57. The Bertz CT molecular complexity index is 1830. The molecule has 0 amide bonds. The number of nitrogens with zero attached hydrogens (tertiary/aromatic N) is 3. The van der Waals surface area contributed by atoms with E-state index >= 15 is 4.39 Å². The van der Waals surface area contributed by atoms with Crippen molar-refractivity contribution in [2.75, 3.05) is 19.0 Å². The molecule has 0 saturated carbocycles. The van der Waals surface area contributed by atoms with Gasteiger partial charge in [-0.15, -0.1) is 0 Å². The van der Waals surface area contributed by atoms with Gasteiger partial charge in [0.2, 0.25) is 17.1 Å². The first-order valence-corrected chi connectivity index (χ1v) is 12.4. The first-order chi connectivity index (χ1) is 20.0. The molecule has 8 nitrogen and oxygen atoms in total. The average molecular weight is 585 g/mol.